The third-order valence-corrected chi connectivity index (χ3v) is 7.41. The number of nitro groups is 1. The lowest BCUT2D eigenvalue weighted by Gasteiger charge is -2.33. The summed E-state index contributed by atoms with van der Waals surface area (Å²) in [6.07, 6.45) is 0. The average Bonchev–Trinajstić information content (AvgIpc) is 2.85. The number of likely N-dealkylation sites (N-methyl/N-ethyl adjacent to an activating group) is 1. The second-order valence-electron chi connectivity index (χ2n) is 8.22. The maximum absolute atomic E-state index is 11.6. The number of aromatic nitrogens is 1. The van der Waals surface area contributed by atoms with E-state index in [2.05, 4.69) is 39.3 Å². The van der Waals surface area contributed by atoms with Gasteiger partial charge in [-0.25, -0.2) is 4.98 Å². The van der Waals surface area contributed by atoms with Crippen molar-refractivity contribution in [3.8, 4) is 0 Å². The van der Waals surface area contributed by atoms with E-state index in [1.807, 2.05) is 42.5 Å². The standard InChI is InChI=1S/C25H28ClN5O2S/c1-29-14-16-30(17-15-29)23-12-11-22(31(32)33)25(28-23)27-13-18-34-24(19-5-3-2-4-6-19)20-7-9-21(26)10-8-20/h2-12,24H,13-18H2,1H3,(H,27,28). The first kappa shape index (κ1) is 24.3. The van der Waals surface area contributed by atoms with Gasteiger partial charge in [0.05, 0.1) is 10.2 Å². The van der Waals surface area contributed by atoms with Crippen LogP contribution in [-0.4, -0.2) is 60.3 Å². The first-order valence-corrected chi connectivity index (χ1v) is 12.7. The molecule has 178 valence electrons. The number of pyridine rings is 1. The number of benzene rings is 2. The number of anilines is 2. The first-order valence-electron chi connectivity index (χ1n) is 11.3. The zero-order valence-corrected chi connectivity index (χ0v) is 20.6. The largest absolute Gasteiger partial charge is 0.363 e. The topological polar surface area (TPSA) is 74.5 Å². The highest BCUT2D eigenvalue weighted by Crippen LogP contribution is 2.36. The van der Waals surface area contributed by atoms with Gasteiger partial charge in [0.2, 0.25) is 5.82 Å². The van der Waals surface area contributed by atoms with Crippen LogP contribution in [0.5, 0.6) is 0 Å². The molecule has 2 aromatic carbocycles. The quantitative estimate of drug-likeness (QED) is 0.243. The molecule has 1 fully saturated rings. The molecule has 9 heteroatoms. The fourth-order valence-electron chi connectivity index (χ4n) is 3.93. The molecule has 1 unspecified atom stereocenters. The van der Waals surface area contributed by atoms with Crippen LogP contribution in [0.3, 0.4) is 0 Å². The summed E-state index contributed by atoms with van der Waals surface area (Å²) in [6.45, 7) is 4.17. The molecule has 1 aromatic heterocycles. The summed E-state index contributed by atoms with van der Waals surface area (Å²) in [5.41, 5.74) is 2.37. The number of hydrogen-bond acceptors (Lipinski definition) is 7. The van der Waals surface area contributed by atoms with Crippen LogP contribution in [0.15, 0.2) is 66.7 Å². The summed E-state index contributed by atoms with van der Waals surface area (Å²) in [4.78, 5) is 20.3. The monoisotopic (exact) mass is 497 g/mol. The van der Waals surface area contributed by atoms with Gasteiger partial charge in [-0.3, -0.25) is 10.1 Å². The van der Waals surface area contributed by atoms with Crippen molar-refractivity contribution in [1.82, 2.24) is 9.88 Å². The van der Waals surface area contributed by atoms with E-state index in [0.717, 1.165) is 37.7 Å². The van der Waals surface area contributed by atoms with Crippen molar-refractivity contribution in [1.29, 1.82) is 0 Å². The SMILES string of the molecule is CN1CCN(c2ccc([N+](=O)[O-])c(NCCSC(c3ccccc3)c3ccc(Cl)cc3)n2)CC1. The van der Waals surface area contributed by atoms with Gasteiger partial charge >= 0.3 is 5.69 Å². The molecule has 34 heavy (non-hydrogen) atoms. The van der Waals surface area contributed by atoms with E-state index in [0.29, 0.717) is 17.4 Å². The van der Waals surface area contributed by atoms with Crippen LogP contribution >= 0.6 is 23.4 Å². The molecule has 0 amide bonds. The number of nitrogens with one attached hydrogen (secondary N) is 1. The average molecular weight is 498 g/mol. The number of hydrogen-bond donors (Lipinski definition) is 1. The van der Waals surface area contributed by atoms with Crippen LogP contribution in [0.25, 0.3) is 0 Å². The molecule has 7 nitrogen and oxygen atoms in total. The fourth-order valence-corrected chi connectivity index (χ4v) is 5.21. The third-order valence-electron chi connectivity index (χ3n) is 5.84. The summed E-state index contributed by atoms with van der Waals surface area (Å²) < 4.78 is 0. The van der Waals surface area contributed by atoms with Gasteiger partial charge in [-0.1, -0.05) is 54.1 Å². The van der Waals surface area contributed by atoms with Gasteiger partial charge in [0.1, 0.15) is 5.82 Å². The van der Waals surface area contributed by atoms with E-state index in [1.165, 1.54) is 11.1 Å². The summed E-state index contributed by atoms with van der Waals surface area (Å²) in [6, 6.07) is 21.5. The van der Waals surface area contributed by atoms with Gasteiger partial charge < -0.3 is 15.1 Å². The molecule has 0 bridgehead atoms. The third kappa shape index (κ3) is 6.20. The number of rotatable bonds is 9. The molecule has 0 spiro atoms. The Labute approximate surface area is 209 Å². The minimum absolute atomic E-state index is 0.000174. The van der Waals surface area contributed by atoms with Crippen molar-refractivity contribution in [2.75, 3.05) is 55.7 Å². The van der Waals surface area contributed by atoms with Crippen molar-refractivity contribution < 1.29 is 4.92 Å². The maximum Gasteiger partial charge on any atom is 0.311 e. The van der Waals surface area contributed by atoms with E-state index in [9.17, 15) is 10.1 Å². The number of piperazine rings is 1. The molecule has 0 radical (unpaired) electrons. The molecule has 0 saturated carbocycles. The molecule has 1 N–H and O–H groups in total. The highest BCUT2D eigenvalue weighted by Gasteiger charge is 2.21. The molecule has 1 aliphatic heterocycles. The van der Waals surface area contributed by atoms with Gasteiger partial charge in [-0.15, -0.1) is 11.8 Å². The zero-order valence-electron chi connectivity index (χ0n) is 19.1. The second kappa shape index (κ2) is 11.6. The maximum atomic E-state index is 11.6. The van der Waals surface area contributed by atoms with E-state index < -0.39 is 0 Å². The smallest absolute Gasteiger partial charge is 0.311 e. The van der Waals surface area contributed by atoms with Gasteiger partial charge in [-0.05, 0) is 36.4 Å². The Morgan fingerprint density at radius 3 is 2.38 bits per heavy atom. The Kier molecular flexibility index (Phi) is 8.26. The number of halogens is 1. The lowest BCUT2D eigenvalue weighted by Crippen LogP contribution is -2.44. The van der Waals surface area contributed by atoms with Crippen LogP contribution in [-0.2, 0) is 0 Å². The zero-order chi connectivity index (χ0) is 23.9. The lowest BCUT2D eigenvalue weighted by molar-refractivity contribution is -0.384. The van der Waals surface area contributed by atoms with E-state index >= 15 is 0 Å². The van der Waals surface area contributed by atoms with Crippen LogP contribution in [0.2, 0.25) is 5.02 Å². The Morgan fingerprint density at radius 1 is 1.03 bits per heavy atom. The Morgan fingerprint density at radius 2 is 1.71 bits per heavy atom. The number of nitrogens with zero attached hydrogens (tertiary/aromatic N) is 4. The van der Waals surface area contributed by atoms with Crippen LogP contribution in [0.1, 0.15) is 16.4 Å². The van der Waals surface area contributed by atoms with Crippen molar-refractivity contribution in [3.05, 3.63) is 93.0 Å². The predicted octanol–water partition coefficient (Wildman–Crippen LogP) is 5.33. The molecular weight excluding hydrogens is 470 g/mol. The lowest BCUT2D eigenvalue weighted by atomic mass is 10.0. The molecule has 1 atom stereocenters. The molecule has 0 aliphatic carbocycles. The van der Waals surface area contributed by atoms with E-state index in [-0.39, 0.29) is 15.9 Å². The van der Waals surface area contributed by atoms with Crippen LogP contribution < -0.4 is 10.2 Å². The summed E-state index contributed by atoms with van der Waals surface area (Å²) >= 11 is 7.87. The summed E-state index contributed by atoms with van der Waals surface area (Å²) in [5.74, 6) is 1.85. The van der Waals surface area contributed by atoms with Crippen molar-refractivity contribution >= 4 is 40.7 Å². The highest BCUT2D eigenvalue weighted by molar-refractivity contribution is 7.99. The van der Waals surface area contributed by atoms with E-state index in [1.54, 1.807) is 23.9 Å². The first-order chi connectivity index (χ1) is 16.5. The predicted molar refractivity (Wildman–Crippen MR) is 141 cm³/mol. The van der Waals surface area contributed by atoms with Gasteiger partial charge in [0.15, 0.2) is 0 Å². The summed E-state index contributed by atoms with van der Waals surface area (Å²) in [7, 11) is 2.10. The second-order valence-corrected chi connectivity index (χ2v) is 9.87. The molecule has 4 rings (SSSR count). The van der Waals surface area contributed by atoms with Gasteiger partial charge in [-0.2, -0.15) is 0 Å². The normalized spacial score (nSPS) is 15.2. The minimum atomic E-state index is -0.378. The Bertz CT molecular complexity index is 1090. The Hall–Kier alpha value is -2.81. The molecule has 2 heterocycles. The minimum Gasteiger partial charge on any atom is -0.363 e. The highest BCUT2D eigenvalue weighted by atomic mass is 35.5. The number of thioether (sulfide) groups is 1. The van der Waals surface area contributed by atoms with Crippen molar-refractivity contribution in [2.45, 2.75) is 5.25 Å². The fraction of sp³-hybridized carbons (Fsp3) is 0.320. The van der Waals surface area contributed by atoms with Crippen molar-refractivity contribution in [2.24, 2.45) is 0 Å². The van der Waals surface area contributed by atoms with Crippen LogP contribution in [0.4, 0.5) is 17.3 Å². The van der Waals surface area contributed by atoms with Gasteiger partial charge in [0, 0.05) is 49.6 Å². The Balaban J connectivity index is 1.44. The molecule has 1 aliphatic rings. The van der Waals surface area contributed by atoms with Crippen LogP contribution in [0, 0.1) is 10.1 Å². The molecule has 3 aromatic rings. The summed E-state index contributed by atoms with van der Waals surface area (Å²) in [5, 5.41) is 15.6. The van der Waals surface area contributed by atoms with E-state index in [4.69, 9.17) is 11.6 Å². The van der Waals surface area contributed by atoms with Gasteiger partial charge in [0.25, 0.3) is 0 Å². The molecule has 1 saturated heterocycles. The molecular formula is C25H28ClN5O2S. The van der Waals surface area contributed by atoms with Crippen molar-refractivity contribution in [3.63, 3.8) is 0 Å².